The summed E-state index contributed by atoms with van der Waals surface area (Å²) in [5, 5.41) is 18.9. The van der Waals surface area contributed by atoms with Crippen LogP contribution in [-0.2, 0) is 38.7 Å². The zero-order valence-electron chi connectivity index (χ0n) is 37.9. The monoisotopic (exact) mass is 938 g/mol. The van der Waals surface area contributed by atoms with Crippen molar-refractivity contribution in [1.82, 2.24) is 29.5 Å². The van der Waals surface area contributed by atoms with Crippen molar-refractivity contribution in [2.45, 2.75) is 49.7 Å². The molecule has 7 aromatic rings. The number of anilines is 1. The number of aromatic nitrogens is 3. The minimum absolute atomic E-state index is 0.147. The van der Waals surface area contributed by atoms with E-state index in [9.17, 15) is 32.7 Å². The molecule has 0 saturated heterocycles. The van der Waals surface area contributed by atoms with Crippen LogP contribution < -0.4 is 36.6 Å². The number of aryl methyl sites for hydroxylation is 3. The summed E-state index contributed by atoms with van der Waals surface area (Å²) in [6.45, 7) is 3.68. The number of carboxylic acids is 1. The number of amides is 2. The molecule has 2 amide bonds. The van der Waals surface area contributed by atoms with Crippen LogP contribution in [0.15, 0.2) is 150 Å². The summed E-state index contributed by atoms with van der Waals surface area (Å²) in [4.78, 5) is 56.1. The van der Waals surface area contributed by atoms with Gasteiger partial charge in [-0.1, -0.05) is 97.1 Å². The Morgan fingerprint density at radius 3 is 2.03 bits per heavy atom. The van der Waals surface area contributed by atoms with Gasteiger partial charge in [-0.2, -0.15) is 4.72 Å². The van der Waals surface area contributed by atoms with E-state index in [2.05, 4.69) is 61.6 Å². The number of nitrogens with two attached hydrogens (primary N) is 1. The highest BCUT2D eigenvalue weighted by Crippen LogP contribution is 2.42. The van der Waals surface area contributed by atoms with E-state index >= 15 is 0 Å². The van der Waals surface area contributed by atoms with Gasteiger partial charge in [-0.05, 0) is 77.9 Å². The zero-order chi connectivity index (χ0) is 48.4. The highest BCUT2D eigenvalue weighted by atomic mass is 32.2. The molecule has 17 heteroatoms. The number of hydrogen-bond donors (Lipinski definition) is 6. The van der Waals surface area contributed by atoms with Crippen LogP contribution >= 0.6 is 0 Å². The third-order valence-electron chi connectivity index (χ3n) is 11.6. The van der Waals surface area contributed by atoms with Crippen LogP contribution in [-0.4, -0.2) is 77.7 Å². The summed E-state index contributed by atoms with van der Waals surface area (Å²) in [5.74, 6) is -1.59. The number of nitrogens with one attached hydrogen (secondary N) is 4. The molecule has 0 aliphatic rings. The molecule has 5 aromatic carbocycles. The maximum Gasteiger partial charge on any atom is 0.323 e. The zero-order valence-corrected chi connectivity index (χ0v) is 38.8. The molecule has 68 heavy (non-hydrogen) atoms. The fourth-order valence-electron chi connectivity index (χ4n) is 8.50. The number of hydrogen-bond acceptors (Lipinski definition) is 10. The maximum atomic E-state index is 13.8. The van der Waals surface area contributed by atoms with Crippen LogP contribution in [0.25, 0.3) is 10.9 Å². The number of nitrogens with zero attached hydrogens (tertiary/aromatic N) is 3. The highest BCUT2D eigenvalue weighted by molar-refractivity contribution is 7.89. The lowest BCUT2D eigenvalue weighted by atomic mass is 9.76. The molecular formula is C51H54N8O8S. The topological polar surface area (TPSA) is 229 Å². The predicted molar refractivity (Wildman–Crippen MR) is 260 cm³/mol. The summed E-state index contributed by atoms with van der Waals surface area (Å²) in [6, 6.07) is 37.2. The number of rotatable bonds is 21. The first-order valence-electron chi connectivity index (χ1n) is 22.0. The van der Waals surface area contributed by atoms with Crippen molar-refractivity contribution in [1.29, 1.82) is 0 Å². The third kappa shape index (κ3) is 10.5. The van der Waals surface area contributed by atoms with Crippen molar-refractivity contribution in [3.63, 3.8) is 0 Å². The lowest BCUT2D eigenvalue weighted by Crippen LogP contribution is -2.49. The first-order chi connectivity index (χ1) is 32.7. The number of ether oxygens (including phenoxy) is 1. The molecule has 7 N–H and O–H groups in total. The number of imidazole rings is 1. The quantitative estimate of drug-likeness (QED) is 0.0406. The van der Waals surface area contributed by atoms with E-state index in [1.165, 1.54) is 18.3 Å². The largest absolute Gasteiger partial charge is 0.494 e. The minimum Gasteiger partial charge on any atom is -0.494 e. The molecule has 0 aliphatic heterocycles. The van der Waals surface area contributed by atoms with Crippen molar-refractivity contribution in [2.24, 2.45) is 12.8 Å². The Morgan fingerprint density at radius 2 is 1.46 bits per heavy atom. The number of pyridine rings is 1. The van der Waals surface area contributed by atoms with Crippen molar-refractivity contribution in [3.8, 4) is 5.75 Å². The number of carbonyl (C=O) groups excluding carboxylic acids is 2. The molecule has 2 aromatic heterocycles. The van der Waals surface area contributed by atoms with Gasteiger partial charge in [0.1, 0.15) is 22.9 Å². The summed E-state index contributed by atoms with van der Waals surface area (Å²) in [7, 11) is -2.74. The van der Waals surface area contributed by atoms with Crippen LogP contribution in [0, 0.1) is 13.8 Å². The molecule has 0 saturated carbocycles. The van der Waals surface area contributed by atoms with Gasteiger partial charge in [0, 0.05) is 63.6 Å². The highest BCUT2D eigenvalue weighted by Gasteiger charge is 2.40. The number of aliphatic carboxylic acids is 1. The van der Waals surface area contributed by atoms with Crippen LogP contribution in [0.5, 0.6) is 5.75 Å². The number of carboxylic acid groups (broad SMARTS) is 1. The van der Waals surface area contributed by atoms with E-state index in [1.54, 1.807) is 43.8 Å². The Bertz CT molecular complexity index is 2970. The summed E-state index contributed by atoms with van der Waals surface area (Å²) in [5.41, 5.74) is 8.84. The average Bonchev–Trinajstić information content (AvgIpc) is 3.81. The van der Waals surface area contributed by atoms with Gasteiger partial charge in [0.2, 0.25) is 27.3 Å². The second kappa shape index (κ2) is 21.4. The molecule has 2 heterocycles. The molecular weight excluding hydrogens is 885 g/mol. The smallest absolute Gasteiger partial charge is 0.323 e. The summed E-state index contributed by atoms with van der Waals surface area (Å²) >= 11 is 0. The molecule has 0 bridgehead atoms. The second-order valence-corrected chi connectivity index (χ2v) is 18.0. The van der Waals surface area contributed by atoms with Crippen molar-refractivity contribution in [2.75, 3.05) is 31.6 Å². The van der Waals surface area contributed by atoms with Crippen LogP contribution in [0.2, 0.25) is 0 Å². The molecule has 0 aliphatic carbocycles. The normalized spacial score (nSPS) is 12.1. The van der Waals surface area contributed by atoms with Gasteiger partial charge < -0.3 is 36.1 Å². The van der Waals surface area contributed by atoms with Gasteiger partial charge in [-0.25, -0.2) is 13.4 Å². The number of fused-ring (bicyclic) bond motifs is 1. The Kier molecular flexibility index (Phi) is 15.2. The molecule has 7 rings (SSSR count). The van der Waals surface area contributed by atoms with Crippen LogP contribution in [0.3, 0.4) is 0 Å². The summed E-state index contributed by atoms with van der Waals surface area (Å²) < 4.78 is 38.9. The first kappa shape index (κ1) is 48.3. The molecule has 16 nitrogen and oxygen atoms in total. The van der Waals surface area contributed by atoms with Crippen molar-refractivity contribution in [3.05, 3.63) is 189 Å². The number of carbonyl (C=O) groups is 3. The van der Waals surface area contributed by atoms with Gasteiger partial charge in [0.15, 0.2) is 0 Å². The minimum atomic E-state index is -4.43. The standard InChI is InChI=1S/C51H54N8O8S/c1-34-28-40(67-27-13-20-45(60)53-24-23-52)29-35(2)47(34)68(65,66)57-43(49(63)64)32-55-48(62)42-33-58(3)44-30-36(21-22-41(44)46(42)61)31-56-50-54-25-26-59(50)51(37-14-7-4-8-15-37,38-16-9-5-10-17-38)39-18-11-6-12-19-39/h4-12,14-19,21-22,25-26,28-30,33,43,57H,13,20,23-24,27,31-32,52H2,1-3H3,(H,53,60)(H,54,56)(H,55,62)(H,63,64)/t43-/m0/s1. The first-order valence-corrected chi connectivity index (χ1v) is 23.5. The third-order valence-corrected chi connectivity index (χ3v) is 13.4. The molecule has 1 atom stereocenters. The van der Waals surface area contributed by atoms with Crippen LogP contribution in [0.4, 0.5) is 5.95 Å². The fraction of sp³-hybridized carbons (Fsp3) is 0.235. The van der Waals surface area contributed by atoms with Gasteiger partial charge >= 0.3 is 5.97 Å². The van der Waals surface area contributed by atoms with Gasteiger partial charge in [-0.15, -0.1) is 0 Å². The lowest BCUT2D eigenvalue weighted by Gasteiger charge is -2.38. The molecule has 0 unspecified atom stereocenters. The molecule has 0 fully saturated rings. The number of benzene rings is 5. The van der Waals surface area contributed by atoms with E-state index in [0.29, 0.717) is 54.4 Å². The number of sulfonamides is 1. The Morgan fingerprint density at radius 1 is 0.853 bits per heavy atom. The van der Waals surface area contributed by atoms with E-state index in [-0.39, 0.29) is 34.8 Å². The van der Waals surface area contributed by atoms with Crippen LogP contribution in [0.1, 0.15) is 56.6 Å². The predicted octanol–water partition coefficient (Wildman–Crippen LogP) is 5.20. The fourth-order valence-corrected chi connectivity index (χ4v) is 10.1. The van der Waals surface area contributed by atoms with E-state index < -0.39 is 45.5 Å². The SMILES string of the molecule is Cc1cc(OCCCC(=O)NCCN)cc(C)c1S(=O)(=O)N[C@@H](CNC(=O)c1cn(C)c2cc(CNc3nccn3C(c3ccccc3)(c3ccccc3)c3ccccc3)ccc2c1=O)C(=O)O. The van der Waals surface area contributed by atoms with Gasteiger partial charge in [-0.3, -0.25) is 23.7 Å². The van der Waals surface area contributed by atoms with Crippen molar-refractivity contribution >= 4 is 44.7 Å². The Labute approximate surface area is 394 Å². The Hall–Kier alpha value is -7.60. The van der Waals surface area contributed by atoms with E-state index in [1.807, 2.05) is 66.9 Å². The summed E-state index contributed by atoms with van der Waals surface area (Å²) in [6.07, 6.45) is 5.73. The average molecular weight is 939 g/mol. The van der Waals surface area contributed by atoms with Crippen molar-refractivity contribution < 1.29 is 32.6 Å². The lowest BCUT2D eigenvalue weighted by molar-refractivity contribution is -0.138. The second-order valence-electron chi connectivity index (χ2n) is 16.3. The molecule has 0 radical (unpaired) electrons. The molecule has 0 spiro atoms. The maximum absolute atomic E-state index is 13.8. The van der Waals surface area contributed by atoms with Gasteiger partial charge in [0.25, 0.3) is 5.91 Å². The van der Waals surface area contributed by atoms with Gasteiger partial charge in [0.05, 0.1) is 17.0 Å². The van der Waals surface area contributed by atoms with E-state index in [4.69, 9.17) is 15.5 Å². The molecule has 352 valence electrons. The van der Waals surface area contributed by atoms with E-state index in [0.717, 1.165) is 22.3 Å². The Balaban J connectivity index is 1.05.